The minimum absolute atomic E-state index is 0.0562. The number of amides is 2. The number of benzene rings is 3. The first kappa shape index (κ1) is 27.2. The summed E-state index contributed by atoms with van der Waals surface area (Å²) in [5.41, 5.74) is 4.39. The number of hydrogen-bond acceptors (Lipinski definition) is 6. The lowest BCUT2D eigenvalue weighted by Gasteiger charge is -2.24. The predicted molar refractivity (Wildman–Crippen MR) is 153 cm³/mol. The summed E-state index contributed by atoms with van der Waals surface area (Å²) in [7, 11) is 5.24. The lowest BCUT2D eigenvalue weighted by Crippen LogP contribution is -2.35. The van der Waals surface area contributed by atoms with Crippen molar-refractivity contribution in [3.05, 3.63) is 87.9 Å². The summed E-state index contributed by atoms with van der Waals surface area (Å²) >= 11 is 3.62. The van der Waals surface area contributed by atoms with Crippen LogP contribution in [0, 0.1) is 0 Å². The second kappa shape index (κ2) is 11.7. The molecule has 0 radical (unpaired) electrons. The normalized spacial score (nSPS) is 14.7. The Balaban J connectivity index is 1.76. The van der Waals surface area contributed by atoms with Gasteiger partial charge in [-0.3, -0.25) is 14.6 Å². The van der Waals surface area contributed by atoms with Crippen LogP contribution in [-0.2, 0) is 14.3 Å². The number of esters is 1. The first-order valence-electron chi connectivity index (χ1n) is 12.1. The van der Waals surface area contributed by atoms with Crippen LogP contribution in [-0.4, -0.2) is 62.7 Å². The van der Waals surface area contributed by atoms with Crippen LogP contribution in [0.3, 0.4) is 0 Å². The fraction of sp³-hybridized carbons (Fsp3) is 0.241. The number of carbonyl (C=O) groups is 3. The Morgan fingerprint density at radius 3 is 2.37 bits per heavy atom. The fourth-order valence-electron chi connectivity index (χ4n) is 4.35. The van der Waals surface area contributed by atoms with Crippen molar-refractivity contribution in [3.8, 4) is 0 Å². The van der Waals surface area contributed by atoms with Gasteiger partial charge in [-0.15, -0.1) is 0 Å². The van der Waals surface area contributed by atoms with Crippen LogP contribution in [0.25, 0.3) is 0 Å². The molecule has 38 heavy (non-hydrogen) atoms. The molecule has 2 amide bonds. The van der Waals surface area contributed by atoms with E-state index >= 15 is 0 Å². The van der Waals surface area contributed by atoms with Crippen LogP contribution in [0.2, 0.25) is 0 Å². The number of likely N-dealkylation sites (N-methyl/N-ethyl adjacent to an activating group) is 1. The Hall–Kier alpha value is -3.82. The van der Waals surface area contributed by atoms with Crippen molar-refractivity contribution < 1.29 is 19.1 Å². The van der Waals surface area contributed by atoms with Crippen LogP contribution in [0.5, 0.6) is 0 Å². The van der Waals surface area contributed by atoms with Crippen molar-refractivity contribution >= 4 is 56.5 Å². The molecule has 0 bridgehead atoms. The number of rotatable bonds is 8. The van der Waals surface area contributed by atoms with Gasteiger partial charge in [0.2, 0.25) is 11.8 Å². The Bertz CT molecular complexity index is 1400. The quantitative estimate of drug-likeness (QED) is 0.301. The molecule has 0 spiro atoms. The highest BCUT2D eigenvalue weighted by atomic mass is 79.9. The third-order valence-electron chi connectivity index (χ3n) is 6.27. The van der Waals surface area contributed by atoms with Gasteiger partial charge in [0.25, 0.3) is 0 Å². The zero-order chi connectivity index (χ0) is 27.4. The number of halogens is 1. The topological polar surface area (TPSA) is 91.3 Å². The van der Waals surface area contributed by atoms with E-state index in [1.807, 2.05) is 67.5 Å². The second-order valence-electron chi connectivity index (χ2n) is 9.19. The zero-order valence-corrected chi connectivity index (χ0v) is 23.3. The van der Waals surface area contributed by atoms with E-state index in [0.717, 1.165) is 27.8 Å². The van der Waals surface area contributed by atoms with Gasteiger partial charge in [0.05, 0.1) is 29.8 Å². The molecule has 0 fully saturated rings. The first-order chi connectivity index (χ1) is 18.2. The van der Waals surface area contributed by atoms with E-state index in [4.69, 9.17) is 9.73 Å². The molecule has 0 saturated carbocycles. The van der Waals surface area contributed by atoms with Crippen molar-refractivity contribution in [2.45, 2.75) is 12.8 Å². The minimum atomic E-state index is -0.675. The molecule has 0 aromatic heterocycles. The monoisotopic (exact) mass is 576 g/mol. The molecule has 3 aromatic carbocycles. The maximum absolute atomic E-state index is 13.2. The van der Waals surface area contributed by atoms with Gasteiger partial charge in [-0.05, 0) is 71.5 Å². The molecule has 1 unspecified atom stereocenters. The Kier molecular flexibility index (Phi) is 8.38. The SMILES string of the molecule is COC(=O)c1ccc2c(c1)NC(=O)C2C(=Nc1ccc(N(CCN(C)C)C(C)=O)c(Br)c1)c1ccccc1. The fourth-order valence-corrected chi connectivity index (χ4v) is 4.93. The predicted octanol–water partition coefficient (Wildman–Crippen LogP) is 5.01. The summed E-state index contributed by atoms with van der Waals surface area (Å²) < 4.78 is 5.54. The molecule has 9 heteroatoms. The van der Waals surface area contributed by atoms with Gasteiger partial charge in [-0.1, -0.05) is 36.4 Å². The van der Waals surface area contributed by atoms with Crippen molar-refractivity contribution in [2.75, 3.05) is 44.5 Å². The molecule has 3 aromatic rings. The van der Waals surface area contributed by atoms with Crippen molar-refractivity contribution in [2.24, 2.45) is 4.99 Å². The smallest absolute Gasteiger partial charge is 0.337 e. The van der Waals surface area contributed by atoms with Gasteiger partial charge in [0, 0.05) is 30.2 Å². The van der Waals surface area contributed by atoms with E-state index in [-0.39, 0.29) is 11.8 Å². The number of methoxy groups -OCH3 is 1. The largest absolute Gasteiger partial charge is 0.465 e. The molecule has 1 aliphatic rings. The molecule has 1 aliphatic heterocycles. The number of nitrogens with zero attached hydrogens (tertiary/aromatic N) is 3. The van der Waals surface area contributed by atoms with E-state index in [2.05, 4.69) is 21.2 Å². The second-order valence-corrected chi connectivity index (χ2v) is 10.0. The van der Waals surface area contributed by atoms with Gasteiger partial charge in [-0.2, -0.15) is 0 Å². The van der Waals surface area contributed by atoms with Crippen LogP contribution >= 0.6 is 15.9 Å². The number of aliphatic imine (C=N–C) groups is 1. The lowest BCUT2D eigenvalue weighted by molar-refractivity contribution is -0.117. The Morgan fingerprint density at radius 2 is 1.74 bits per heavy atom. The number of carbonyl (C=O) groups excluding carboxylic acids is 3. The van der Waals surface area contributed by atoms with Crippen molar-refractivity contribution in [1.82, 2.24) is 4.90 Å². The van der Waals surface area contributed by atoms with Gasteiger partial charge in [0.15, 0.2) is 0 Å². The van der Waals surface area contributed by atoms with Crippen LogP contribution in [0.4, 0.5) is 17.1 Å². The molecule has 0 aliphatic carbocycles. The minimum Gasteiger partial charge on any atom is -0.465 e. The van der Waals surface area contributed by atoms with Gasteiger partial charge >= 0.3 is 5.97 Å². The molecular formula is C29H29BrN4O4. The maximum Gasteiger partial charge on any atom is 0.337 e. The summed E-state index contributed by atoms with van der Waals surface area (Å²) in [5.74, 6) is -1.44. The van der Waals surface area contributed by atoms with E-state index < -0.39 is 11.9 Å². The summed E-state index contributed by atoms with van der Waals surface area (Å²) in [6.07, 6.45) is 0. The molecule has 0 saturated heterocycles. The molecule has 1 atom stereocenters. The Morgan fingerprint density at radius 1 is 1.00 bits per heavy atom. The number of hydrogen-bond donors (Lipinski definition) is 1. The van der Waals surface area contributed by atoms with Crippen LogP contribution in [0.15, 0.2) is 76.2 Å². The molecule has 8 nitrogen and oxygen atoms in total. The first-order valence-corrected chi connectivity index (χ1v) is 12.9. The highest BCUT2D eigenvalue weighted by molar-refractivity contribution is 9.10. The highest BCUT2D eigenvalue weighted by Crippen LogP contribution is 2.38. The van der Waals surface area contributed by atoms with Crippen LogP contribution < -0.4 is 10.2 Å². The maximum atomic E-state index is 13.2. The summed E-state index contributed by atoms with van der Waals surface area (Å²) in [4.78, 5) is 46.3. The van der Waals surface area contributed by atoms with E-state index in [0.29, 0.717) is 29.2 Å². The van der Waals surface area contributed by atoms with Crippen LogP contribution in [0.1, 0.15) is 34.3 Å². The zero-order valence-electron chi connectivity index (χ0n) is 21.7. The van der Waals surface area contributed by atoms with E-state index in [9.17, 15) is 14.4 Å². The average molecular weight is 577 g/mol. The third kappa shape index (κ3) is 5.84. The summed E-state index contributed by atoms with van der Waals surface area (Å²) in [5, 5.41) is 2.89. The molecule has 1 N–H and O–H groups in total. The van der Waals surface area contributed by atoms with Gasteiger partial charge in [0.1, 0.15) is 5.92 Å². The van der Waals surface area contributed by atoms with Crippen molar-refractivity contribution in [3.63, 3.8) is 0 Å². The average Bonchev–Trinajstić information content (AvgIpc) is 3.22. The Labute approximate surface area is 230 Å². The number of fused-ring (bicyclic) bond motifs is 1. The van der Waals surface area contributed by atoms with E-state index in [1.54, 1.807) is 30.0 Å². The van der Waals surface area contributed by atoms with E-state index in [1.165, 1.54) is 7.11 Å². The number of ether oxygens (including phenoxy) is 1. The molecular weight excluding hydrogens is 548 g/mol. The number of nitrogens with one attached hydrogen (secondary N) is 1. The third-order valence-corrected chi connectivity index (χ3v) is 6.91. The highest BCUT2D eigenvalue weighted by Gasteiger charge is 2.36. The molecule has 196 valence electrons. The number of anilines is 2. The molecule has 1 heterocycles. The van der Waals surface area contributed by atoms with Gasteiger partial charge in [-0.25, -0.2) is 4.79 Å². The van der Waals surface area contributed by atoms with Gasteiger partial charge < -0.3 is 19.9 Å². The van der Waals surface area contributed by atoms with Crippen molar-refractivity contribution in [1.29, 1.82) is 0 Å². The lowest BCUT2D eigenvalue weighted by atomic mass is 9.90. The summed E-state index contributed by atoms with van der Waals surface area (Å²) in [6.45, 7) is 2.81. The summed E-state index contributed by atoms with van der Waals surface area (Å²) in [6, 6.07) is 20.1. The molecule has 4 rings (SSSR count). The standard InChI is InChI=1S/C29H29BrN4O4/c1-18(35)34(15-14-33(2)3)25-13-11-21(17-23(25)30)31-27(19-8-6-5-7-9-19)26-22-12-10-20(29(37)38-4)16-24(22)32-28(26)36/h5-13,16-17,26H,14-15H2,1-4H3,(H,32,36).